The fourth-order valence-corrected chi connectivity index (χ4v) is 3.36. The minimum absolute atomic E-state index is 0. The summed E-state index contributed by atoms with van der Waals surface area (Å²) in [5, 5.41) is 6.35. The summed E-state index contributed by atoms with van der Waals surface area (Å²) < 4.78 is 5.33. The van der Waals surface area contributed by atoms with Crippen molar-refractivity contribution in [2.45, 2.75) is 33.2 Å². The van der Waals surface area contributed by atoms with Crippen LogP contribution in [0.5, 0.6) is 5.75 Å². The zero-order chi connectivity index (χ0) is 16.4. The Hall–Kier alpha value is -2.18. The summed E-state index contributed by atoms with van der Waals surface area (Å²) in [6, 6.07) is 6.40. The summed E-state index contributed by atoms with van der Waals surface area (Å²) in [6.07, 6.45) is 3.00. The van der Waals surface area contributed by atoms with E-state index >= 15 is 0 Å². The first-order valence-corrected chi connectivity index (χ1v) is 8.60. The first-order chi connectivity index (χ1) is 11.1. The molecule has 0 amide bonds. The molecule has 1 aromatic heterocycles. The molecule has 3 N–H and O–H groups in total. The number of benzene rings is 1. The van der Waals surface area contributed by atoms with Gasteiger partial charge in [0.2, 0.25) is 0 Å². The first-order valence-electron chi connectivity index (χ1n) is 7.72. The lowest BCUT2D eigenvalue weighted by molar-refractivity contribution is 0.415. The number of allylic oxidation sites excluding steroid dienone is 2. The summed E-state index contributed by atoms with van der Waals surface area (Å²) in [5.74, 6) is 0.821. The molecule has 1 aliphatic heterocycles. The van der Waals surface area contributed by atoms with Crippen molar-refractivity contribution in [1.29, 1.82) is 0 Å². The van der Waals surface area contributed by atoms with Gasteiger partial charge in [0, 0.05) is 30.9 Å². The Morgan fingerprint density at radius 1 is 1.33 bits per heavy atom. The lowest BCUT2D eigenvalue weighted by Crippen LogP contribution is -2.09. The lowest BCUT2D eigenvalue weighted by atomic mass is 10.0. The molecule has 2 aromatic rings. The molecule has 24 heavy (non-hydrogen) atoms. The number of methoxy groups -OCH3 is 1. The third-order valence-corrected chi connectivity index (χ3v) is 4.47. The molecule has 2 heterocycles. The number of nitrogens with zero attached hydrogens (tertiary/aromatic N) is 2. The highest BCUT2D eigenvalue weighted by Crippen LogP contribution is 2.34. The highest BCUT2D eigenvalue weighted by molar-refractivity contribution is 7.13. The summed E-state index contributed by atoms with van der Waals surface area (Å²) in [6.45, 7) is 6.34. The van der Waals surface area contributed by atoms with E-state index in [4.69, 9.17) is 9.73 Å². The molecule has 130 valence electrons. The predicted molar refractivity (Wildman–Crippen MR) is 104 cm³/mol. The standard InChI is InChI=1S/C18H21N3OS.H2O.H2/c1-11(2)19-18-21-17(10-23-18)15-8-5-12(3)14-7-6-13(22-4)9-16(14)20-15;;/h5-7,9-11H,8H2,1-4H3,(H,19,21);1H2;1H. The molecule has 1 aliphatic rings. The van der Waals surface area contributed by atoms with Gasteiger partial charge in [-0.3, -0.25) is 4.99 Å². The topological polar surface area (TPSA) is 78.0 Å². The third-order valence-electron chi connectivity index (χ3n) is 3.70. The highest BCUT2D eigenvalue weighted by atomic mass is 32.1. The number of hydrogen-bond acceptors (Lipinski definition) is 5. The number of nitrogens with one attached hydrogen (secondary N) is 1. The van der Waals surface area contributed by atoms with E-state index in [0.29, 0.717) is 6.04 Å². The highest BCUT2D eigenvalue weighted by Gasteiger charge is 2.15. The number of aliphatic imine (C=N–C) groups is 1. The maximum atomic E-state index is 5.33. The number of anilines is 1. The second-order valence-corrected chi connectivity index (χ2v) is 6.73. The van der Waals surface area contributed by atoms with Crippen LogP contribution in [0.15, 0.2) is 34.6 Å². The molecule has 1 aromatic carbocycles. The minimum Gasteiger partial charge on any atom is -0.497 e. The van der Waals surface area contributed by atoms with Crippen LogP contribution >= 0.6 is 11.3 Å². The Morgan fingerprint density at radius 2 is 2.12 bits per heavy atom. The van der Waals surface area contributed by atoms with Crippen LogP contribution in [0.1, 0.15) is 39.9 Å². The van der Waals surface area contributed by atoms with Gasteiger partial charge in [-0.1, -0.05) is 6.08 Å². The molecule has 3 rings (SSSR count). The summed E-state index contributed by atoms with van der Waals surface area (Å²) >= 11 is 1.62. The van der Waals surface area contributed by atoms with Gasteiger partial charge in [-0.2, -0.15) is 0 Å². The zero-order valence-corrected chi connectivity index (χ0v) is 15.2. The summed E-state index contributed by atoms with van der Waals surface area (Å²) in [5.41, 5.74) is 5.26. The number of aromatic nitrogens is 1. The molecule has 0 unspecified atom stereocenters. The van der Waals surface area contributed by atoms with Gasteiger partial charge in [0.25, 0.3) is 0 Å². The van der Waals surface area contributed by atoms with Crippen molar-refractivity contribution in [2.75, 3.05) is 12.4 Å². The van der Waals surface area contributed by atoms with E-state index in [-0.39, 0.29) is 6.90 Å². The van der Waals surface area contributed by atoms with Crippen LogP contribution in [-0.4, -0.2) is 29.3 Å². The van der Waals surface area contributed by atoms with Crippen LogP contribution in [-0.2, 0) is 0 Å². The fraction of sp³-hybridized carbons (Fsp3) is 0.333. The largest absolute Gasteiger partial charge is 0.497 e. The maximum Gasteiger partial charge on any atom is 0.183 e. The average molecular weight is 347 g/mol. The van der Waals surface area contributed by atoms with E-state index < -0.39 is 0 Å². The molecule has 0 atom stereocenters. The van der Waals surface area contributed by atoms with Crippen LogP contribution in [0.25, 0.3) is 5.57 Å². The molecule has 0 bridgehead atoms. The van der Waals surface area contributed by atoms with Crippen LogP contribution < -0.4 is 10.1 Å². The normalized spacial score (nSPS) is 13.4. The number of thiazole rings is 1. The Labute approximate surface area is 147 Å². The molecular weight excluding hydrogens is 322 g/mol. The molecule has 5 nitrogen and oxygen atoms in total. The minimum atomic E-state index is 0. The molecule has 0 saturated carbocycles. The molecule has 0 spiro atoms. The molecule has 0 fully saturated rings. The zero-order valence-electron chi connectivity index (χ0n) is 14.4. The van der Waals surface area contributed by atoms with E-state index in [9.17, 15) is 0 Å². The molecule has 0 aliphatic carbocycles. The van der Waals surface area contributed by atoms with Crippen LogP contribution in [0, 0.1) is 0 Å². The van der Waals surface area contributed by atoms with Crippen LogP contribution in [0.2, 0.25) is 0 Å². The molecule has 6 heteroatoms. The monoisotopic (exact) mass is 347 g/mol. The van der Waals surface area contributed by atoms with Crippen molar-refractivity contribution in [3.63, 3.8) is 0 Å². The van der Waals surface area contributed by atoms with E-state index in [0.717, 1.165) is 40.0 Å². The first kappa shape index (κ1) is 18.2. The quantitative estimate of drug-likeness (QED) is 0.894. The summed E-state index contributed by atoms with van der Waals surface area (Å²) in [4.78, 5) is 9.53. The third kappa shape index (κ3) is 3.83. The number of fused-ring (bicyclic) bond motifs is 1. The van der Waals surface area contributed by atoms with Gasteiger partial charge in [-0.25, -0.2) is 4.98 Å². The van der Waals surface area contributed by atoms with Crippen LogP contribution in [0.4, 0.5) is 10.8 Å². The van der Waals surface area contributed by atoms with Crippen molar-refractivity contribution in [2.24, 2.45) is 4.99 Å². The van der Waals surface area contributed by atoms with E-state index in [2.05, 4.69) is 48.6 Å². The van der Waals surface area contributed by atoms with E-state index in [1.807, 2.05) is 12.1 Å². The van der Waals surface area contributed by atoms with Gasteiger partial charge < -0.3 is 15.5 Å². The lowest BCUT2D eigenvalue weighted by Gasteiger charge is -2.07. The van der Waals surface area contributed by atoms with E-state index in [1.54, 1.807) is 18.4 Å². The predicted octanol–water partition coefficient (Wildman–Crippen LogP) is 4.32. The Kier molecular flexibility index (Phi) is 5.75. The van der Waals surface area contributed by atoms with Crippen molar-refractivity contribution < 1.29 is 11.6 Å². The second kappa shape index (κ2) is 7.59. The smallest absolute Gasteiger partial charge is 0.183 e. The number of ether oxygens (including phenoxy) is 1. The van der Waals surface area contributed by atoms with Gasteiger partial charge in [-0.15, -0.1) is 11.3 Å². The van der Waals surface area contributed by atoms with Gasteiger partial charge >= 0.3 is 0 Å². The maximum absolute atomic E-state index is 5.33. The van der Waals surface area contributed by atoms with Crippen molar-refractivity contribution in [3.05, 3.63) is 40.9 Å². The second-order valence-electron chi connectivity index (χ2n) is 5.87. The molecule has 0 saturated heterocycles. The van der Waals surface area contributed by atoms with Crippen molar-refractivity contribution >= 4 is 33.4 Å². The van der Waals surface area contributed by atoms with E-state index in [1.165, 1.54) is 5.57 Å². The number of rotatable bonds is 4. The van der Waals surface area contributed by atoms with Crippen molar-refractivity contribution in [1.82, 2.24) is 4.98 Å². The Balaban J connectivity index is 0.00000156. The van der Waals surface area contributed by atoms with Gasteiger partial charge in [-0.05, 0) is 38.5 Å². The van der Waals surface area contributed by atoms with Gasteiger partial charge in [0.15, 0.2) is 5.13 Å². The Bertz CT molecular complexity index is 784. The van der Waals surface area contributed by atoms with Gasteiger partial charge in [0.05, 0.1) is 24.2 Å². The molecular formula is C18H25N3O2S. The van der Waals surface area contributed by atoms with Gasteiger partial charge in [0.1, 0.15) is 5.75 Å². The average Bonchev–Trinajstić information content (AvgIpc) is 2.91. The SMILES string of the molecule is COc1ccc2c(c1)N=C(c1csc(NC(C)C)n1)CC=C2C.O.[HH]. The summed E-state index contributed by atoms with van der Waals surface area (Å²) in [7, 11) is 1.68. The van der Waals surface area contributed by atoms with Crippen molar-refractivity contribution in [3.8, 4) is 5.75 Å². The van der Waals surface area contributed by atoms with Crippen LogP contribution in [0.3, 0.4) is 0 Å². The fourth-order valence-electron chi connectivity index (χ4n) is 2.50. The molecule has 0 radical (unpaired) electrons. The number of hydrogen-bond donors (Lipinski definition) is 1. The Morgan fingerprint density at radius 3 is 2.83 bits per heavy atom.